The Hall–Kier alpha value is -1.10. The van der Waals surface area contributed by atoms with E-state index in [1.807, 2.05) is 0 Å². The van der Waals surface area contributed by atoms with Gasteiger partial charge in [0.1, 0.15) is 6.04 Å². The molecular weight excluding hydrogens is 160 g/mol. The van der Waals surface area contributed by atoms with Crippen molar-refractivity contribution < 1.29 is 14.3 Å². The Morgan fingerprint density at radius 2 is 2.33 bits per heavy atom. The van der Waals surface area contributed by atoms with Gasteiger partial charge in [0.25, 0.3) is 0 Å². The molecule has 1 heterocycles. The predicted octanol–water partition coefficient (Wildman–Crippen LogP) is -1.36. The van der Waals surface area contributed by atoms with Crippen LogP contribution in [0.3, 0.4) is 0 Å². The Bertz CT molecular complexity index is 193. The van der Waals surface area contributed by atoms with E-state index in [2.05, 4.69) is 10.6 Å². The summed E-state index contributed by atoms with van der Waals surface area (Å²) in [5, 5.41) is 5.05. The number of ether oxygens (including phenoxy) is 1. The Balaban J connectivity index is 2.38. The summed E-state index contributed by atoms with van der Waals surface area (Å²) in [6.45, 7) is 0.556. The van der Waals surface area contributed by atoms with Crippen LogP contribution in [0.4, 0.5) is 0 Å². The quantitative estimate of drug-likeness (QED) is 0.552. The van der Waals surface area contributed by atoms with Crippen molar-refractivity contribution in [1.29, 1.82) is 0 Å². The van der Waals surface area contributed by atoms with Crippen molar-refractivity contribution >= 4 is 11.8 Å². The van der Waals surface area contributed by atoms with E-state index in [9.17, 15) is 9.59 Å². The average molecular weight is 172 g/mol. The summed E-state index contributed by atoms with van der Waals surface area (Å²) in [6, 6.07) is -0.425. The highest BCUT2D eigenvalue weighted by Crippen LogP contribution is 1.96. The number of nitrogens with one attached hydrogen (secondary N) is 2. The zero-order valence-electron chi connectivity index (χ0n) is 6.92. The molecule has 5 heteroatoms. The summed E-state index contributed by atoms with van der Waals surface area (Å²) in [7, 11) is 1.56. The van der Waals surface area contributed by atoms with E-state index in [1.54, 1.807) is 7.11 Å². The summed E-state index contributed by atoms with van der Waals surface area (Å²) in [6.07, 6.45) is 0.522. The molecule has 68 valence electrons. The molecule has 1 rings (SSSR count). The number of piperazine rings is 1. The number of hydrogen-bond donors (Lipinski definition) is 2. The van der Waals surface area contributed by atoms with Crippen molar-refractivity contribution in [2.24, 2.45) is 0 Å². The minimum Gasteiger partial charge on any atom is -0.385 e. The highest BCUT2D eigenvalue weighted by molar-refractivity contribution is 5.94. The summed E-state index contributed by atoms with van der Waals surface area (Å²) < 4.78 is 4.80. The normalized spacial score (nSPS) is 23.2. The zero-order valence-corrected chi connectivity index (χ0v) is 6.92. The number of carbonyl (C=O) groups is 2. The number of amides is 2. The minimum atomic E-state index is -0.425. The third-order valence-electron chi connectivity index (χ3n) is 1.69. The van der Waals surface area contributed by atoms with Crippen LogP contribution < -0.4 is 10.6 Å². The van der Waals surface area contributed by atoms with Gasteiger partial charge in [-0.05, 0) is 6.42 Å². The summed E-state index contributed by atoms with van der Waals surface area (Å²) in [5.41, 5.74) is 0. The zero-order chi connectivity index (χ0) is 8.97. The molecule has 0 spiro atoms. The van der Waals surface area contributed by atoms with Crippen molar-refractivity contribution in [2.45, 2.75) is 12.5 Å². The van der Waals surface area contributed by atoms with E-state index >= 15 is 0 Å². The lowest BCUT2D eigenvalue weighted by Gasteiger charge is -2.22. The second kappa shape index (κ2) is 4.06. The van der Waals surface area contributed by atoms with Crippen LogP contribution in [0.1, 0.15) is 6.42 Å². The van der Waals surface area contributed by atoms with Gasteiger partial charge in [-0.15, -0.1) is 0 Å². The molecule has 1 atom stereocenters. The van der Waals surface area contributed by atoms with Crippen LogP contribution in [0.25, 0.3) is 0 Å². The van der Waals surface area contributed by atoms with Gasteiger partial charge in [0.05, 0.1) is 6.54 Å². The summed E-state index contributed by atoms with van der Waals surface area (Å²) >= 11 is 0. The number of carbonyl (C=O) groups excluding carboxylic acids is 2. The van der Waals surface area contributed by atoms with Gasteiger partial charge in [-0.1, -0.05) is 0 Å². The molecule has 2 N–H and O–H groups in total. The molecule has 1 aliphatic heterocycles. The lowest BCUT2D eigenvalue weighted by molar-refractivity contribution is -0.134. The van der Waals surface area contributed by atoms with Crippen LogP contribution in [0.5, 0.6) is 0 Å². The Morgan fingerprint density at radius 1 is 1.58 bits per heavy atom. The first-order valence-corrected chi connectivity index (χ1v) is 3.80. The van der Waals surface area contributed by atoms with Crippen molar-refractivity contribution in [3.05, 3.63) is 0 Å². The van der Waals surface area contributed by atoms with E-state index in [0.717, 1.165) is 0 Å². The molecule has 5 nitrogen and oxygen atoms in total. The molecule has 0 aliphatic carbocycles. The van der Waals surface area contributed by atoms with Crippen molar-refractivity contribution in [3.8, 4) is 0 Å². The van der Waals surface area contributed by atoms with E-state index < -0.39 is 6.04 Å². The van der Waals surface area contributed by atoms with Gasteiger partial charge >= 0.3 is 0 Å². The van der Waals surface area contributed by atoms with Gasteiger partial charge in [0.15, 0.2) is 0 Å². The summed E-state index contributed by atoms with van der Waals surface area (Å²) in [5.74, 6) is -0.276. The van der Waals surface area contributed by atoms with Gasteiger partial charge < -0.3 is 15.4 Å². The lowest BCUT2D eigenvalue weighted by Crippen LogP contribution is -2.56. The second-order valence-electron chi connectivity index (χ2n) is 2.62. The topological polar surface area (TPSA) is 67.4 Å². The number of methoxy groups -OCH3 is 1. The van der Waals surface area contributed by atoms with Gasteiger partial charge in [-0.3, -0.25) is 9.59 Å². The standard InChI is InChI=1S/C7H12N2O3/c1-12-3-2-5-7(11)8-4-6(10)9-5/h5H,2-4H2,1H3,(H,8,11)(H,9,10). The number of hydrogen-bond acceptors (Lipinski definition) is 3. The molecule has 2 amide bonds. The van der Waals surface area contributed by atoms with Crippen LogP contribution in [0.15, 0.2) is 0 Å². The number of rotatable bonds is 3. The first-order chi connectivity index (χ1) is 5.74. The minimum absolute atomic E-state index is 0.0856. The SMILES string of the molecule is COCCC1NC(=O)CNC1=O. The Morgan fingerprint density at radius 3 is 3.00 bits per heavy atom. The van der Waals surface area contributed by atoms with Crippen LogP contribution >= 0.6 is 0 Å². The first-order valence-electron chi connectivity index (χ1n) is 3.80. The third kappa shape index (κ3) is 2.20. The van der Waals surface area contributed by atoms with Crippen LogP contribution in [0, 0.1) is 0 Å². The predicted molar refractivity (Wildman–Crippen MR) is 41.4 cm³/mol. The molecule has 1 aliphatic rings. The van der Waals surface area contributed by atoms with Crippen molar-refractivity contribution in [3.63, 3.8) is 0 Å². The van der Waals surface area contributed by atoms with E-state index in [-0.39, 0.29) is 18.4 Å². The molecule has 0 saturated carbocycles. The molecule has 0 aromatic carbocycles. The molecular formula is C7H12N2O3. The monoisotopic (exact) mass is 172 g/mol. The molecule has 0 aromatic heterocycles. The van der Waals surface area contributed by atoms with Gasteiger partial charge in [-0.25, -0.2) is 0 Å². The van der Waals surface area contributed by atoms with Crippen LogP contribution in [-0.2, 0) is 14.3 Å². The van der Waals surface area contributed by atoms with Crippen LogP contribution in [-0.4, -0.2) is 38.1 Å². The third-order valence-corrected chi connectivity index (χ3v) is 1.69. The van der Waals surface area contributed by atoms with E-state index in [4.69, 9.17) is 4.74 Å². The van der Waals surface area contributed by atoms with Crippen molar-refractivity contribution in [1.82, 2.24) is 10.6 Å². The first kappa shape index (κ1) is 8.99. The Kier molecular flexibility index (Phi) is 3.04. The maximum atomic E-state index is 11.1. The fraction of sp³-hybridized carbons (Fsp3) is 0.714. The smallest absolute Gasteiger partial charge is 0.243 e. The molecule has 12 heavy (non-hydrogen) atoms. The van der Waals surface area contributed by atoms with E-state index in [1.165, 1.54) is 0 Å². The van der Waals surface area contributed by atoms with Gasteiger partial charge in [-0.2, -0.15) is 0 Å². The van der Waals surface area contributed by atoms with Gasteiger partial charge in [0.2, 0.25) is 11.8 Å². The second-order valence-corrected chi connectivity index (χ2v) is 2.62. The van der Waals surface area contributed by atoms with Gasteiger partial charge in [0, 0.05) is 13.7 Å². The fourth-order valence-corrected chi connectivity index (χ4v) is 1.04. The average Bonchev–Trinajstić information content (AvgIpc) is 2.07. The fourth-order valence-electron chi connectivity index (χ4n) is 1.04. The Labute approximate surface area is 70.5 Å². The lowest BCUT2D eigenvalue weighted by atomic mass is 10.1. The highest BCUT2D eigenvalue weighted by Gasteiger charge is 2.24. The molecule has 0 bridgehead atoms. The van der Waals surface area contributed by atoms with Crippen molar-refractivity contribution in [2.75, 3.05) is 20.3 Å². The summed E-state index contributed by atoms with van der Waals surface area (Å²) in [4.78, 5) is 21.9. The molecule has 0 radical (unpaired) electrons. The largest absolute Gasteiger partial charge is 0.385 e. The molecule has 1 unspecified atom stereocenters. The highest BCUT2D eigenvalue weighted by atomic mass is 16.5. The van der Waals surface area contributed by atoms with Crippen LogP contribution in [0.2, 0.25) is 0 Å². The van der Waals surface area contributed by atoms with E-state index in [0.29, 0.717) is 13.0 Å². The maximum Gasteiger partial charge on any atom is 0.243 e. The molecule has 1 fully saturated rings. The molecule has 1 saturated heterocycles. The molecule has 0 aromatic rings. The maximum absolute atomic E-state index is 11.1.